The molecule has 0 bridgehead atoms. The number of hydrogen-bond acceptors (Lipinski definition) is 3. The minimum Gasteiger partial charge on any atom is -0.394 e. The van der Waals surface area contributed by atoms with Gasteiger partial charge in [0.15, 0.2) is 5.67 Å². The largest absolute Gasteiger partial charge is 0.394 e. The molecular formula is C6H10FO3. The van der Waals surface area contributed by atoms with Gasteiger partial charge in [-0.3, -0.25) is 0 Å². The molecule has 1 heterocycles. The molecule has 0 aliphatic carbocycles. The van der Waals surface area contributed by atoms with Gasteiger partial charge < -0.3 is 14.9 Å². The molecule has 59 valence electrons. The number of hydrogen-bond donors (Lipinski definition) is 2. The summed E-state index contributed by atoms with van der Waals surface area (Å²) >= 11 is 0. The Bertz CT molecular complexity index is 126. The third kappa shape index (κ3) is 1.14. The summed E-state index contributed by atoms with van der Waals surface area (Å²) in [6, 6.07) is 0. The van der Waals surface area contributed by atoms with E-state index in [1.165, 1.54) is 6.92 Å². The van der Waals surface area contributed by atoms with E-state index in [2.05, 4.69) is 4.74 Å². The van der Waals surface area contributed by atoms with Gasteiger partial charge in [-0.2, -0.15) is 0 Å². The molecule has 3 nitrogen and oxygen atoms in total. The van der Waals surface area contributed by atoms with Crippen LogP contribution < -0.4 is 0 Å². The lowest BCUT2D eigenvalue weighted by Crippen LogP contribution is -2.37. The van der Waals surface area contributed by atoms with Gasteiger partial charge in [-0.05, 0) is 6.92 Å². The number of ether oxygens (including phenoxy) is 1. The minimum absolute atomic E-state index is 0.364. The van der Waals surface area contributed by atoms with Crippen molar-refractivity contribution in [3.05, 3.63) is 6.61 Å². The fourth-order valence-corrected chi connectivity index (χ4v) is 0.871. The van der Waals surface area contributed by atoms with Crippen LogP contribution in [0, 0.1) is 6.61 Å². The van der Waals surface area contributed by atoms with E-state index in [1.54, 1.807) is 0 Å². The molecule has 1 rings (SSSR count). The SMILES string of the molecule is CC1(F)[CH]OC(CO)C1O. The smallest absolute Gasteiger partial charge is 0.165 e. The van der Waals surface area contributed by atoms with Gasteiger partial charge in [0.05, 0.1) is 6.61 Å². The van der Waals surface area contributed by atoms with Crippen LogP contribution in [0.5, 0.6) is 0 Å². The Hall–Kier alpha value is -0.190. The molecule has 3 unspecified atom stereocenters. The van der Waals surface area contributed by atoms with Gasteiger partial charge >= 0.3 is 0 Å². The Labute approximate surface area is 58.4 Å². The molecule has 3 atom stereocenters. The lowest BCUT2D eigenvalue weighted by molar-refractivity contribution is -0.00864. The standard InChI is InChI=1S/C6H10FO3/c1-6(7)3-10-4(2-8)5(6)9/h3-5,8-9H,2H2,1H3. The van der Waals surface area contributed by atoms with Crippen LogP contribution >= 0.6 is 0 Å². The summed E-state index contributed by atoms with van der Waals surface area (Å²) in [4.78, 5) is 0. The highest BCUT2D eigenvalue weighted by Gasteiger charge is 2.46. The van der Waals surface area contributed by atoms with Crippen molar-refractivity contribution in [3.63, 3.8) is 0 Å². The van der Waals surface area contributed by atoms with Crippen LogP contribution in [0.1, 0.15) is 6.92 Å². The molecule has 0 aromatic rings. The summed E-state index contributed by atoms with van der Waals surface area (Å²) < 4.78 is 17.5. The van der Waals surface area contributed by atoms with E-state index < -0.39 is 17.9 Å². The monoisotopic (exact) mass is 149 g/mol. The molecule has 0 spiro atoms. The lowest BCUT2D eigenvalue weighted by Gasteiger charge is -2.16. The molecule has 1 aliphatic heterocycles. The first-order valence-corrected chi connectivity index (χ1v) is 3.05. The summed E-state index contributed by atoms with van der Waals surface area (Å²) in [5, 5.41) is 17.5. The second kappa shape index (κ2) is 2.45. The zero-order chi connectivity index (χ0) is 7.78. The molecule has 4 heteroatoms. The maximum Gasteiger partial charge on any atom is 0.165 e. The molecule has 1 radical (unpaired) electrons. The molecule has 0 amide bonds. The highest BCUT2D eigenvalue weighted by atomic mass is 19.1. The molecule has 1 aliphatic rings. The van der Waals surface area contributed by atoms with Gasteiger partial charge in [-0.25, -0.2) is 4.39 Å². The predicted molar refractivity (Wildman–Crippen MR) is 31.8 cm³/mol. The van der Waals surface area contributed by atoms with Gasteiger partial charge in [0, 0.05) is 0 Å². The Morgan fingerprint density at radius 2 is 2.40 bits per heavy atom. The molecule has 0 saturated carbocycles. The average Bonchev–Trinajstić information content (AvgIpc) is 2.10. The molecule has 1 fully saturated rings. The number of aliphatic hydroxyl groups excluding tert-OH is 2. The van der Waals surface area contributed by atoms with Crippen LogP contribution in [-0.2, 0) is 4.74 Å². The van der Waals surface area contributed by atoms with E-state index in [0.717, 1.165) is 6.61 Å². The van der Waals surface area contributed by atoms with Crippen LogP contribution in [-0.4, -0.2) is 34.7 Å². The van der Waals surface area contributed by atoms with Gasteiger partial charge in [-0.1, -0.05) is 0 Å². The van der Waals surface area contributed by atoms with E-state index >= 15 is 0 Å². The van der Waals surface area contributed by atoms with Crippen molar-refractivity contribution in [3.8, 4) is 0 Å². The van der Waals surface area contributed by atoms with E-state index in [9.17, 15) is 4.39 Å². The van der Waals surface area contributed by atoms with Crippen LogP contribution in [0.3, 0.4) is 0 Å². The Kier molecular flexibility index (Phi) is 1.94. The molecule has 2 N–H and O–H groups in total. The van der Waals surface area contributed by atoms with E-state index in [-0.39, 0.29) is 6.61 Å². The molecule has 1 saturated heterocycles. The second-order valence-electron chi connectivity index (χ2n) is 2.57. The van der Waals surface area contributed by atoms with Crippen molar-refractivity contribution in [2.75, 3.05) is 6.61 Å². The minimum atomic E-state index is -1.83. The van der Waals surface area contributed by atoms with Gasteiger partial charge in [0.25, 0.3) is 0 Å². The molecule has 0 aromatic carbocycles. The second-order valence-corrected chi connectivity index (χ2v) is 2.57. The maximum absolute atomic E-state index is 12.9. The summed E-state index contributed by atoms with van der Waals surface area (Å²) in [6.45, 7) is 1.75. The van der Waals surface area contributed by atoms with Crippen LogP contribution in [0.4, 0.5) is 4.39 Å². The lowest BCUT2D eigenvalue weighted by atomic mass is 10.0. The Morgan fingerprint density at radius 1 is 1.80 bits per heavy atom. The number of aliphatic hydroxyl groups is 2. The first kappa shape index (κ1) is 7.91. The van der Waals surface area contributed by atoms with E-state index in [1.807, 2.05) is 0 Å². The first-order chi connectivity index (χ1) is 4.58. The van der Waals surface area contributed by atoms with Crippen molar-refractivity contribution in [2.24, 2.45) is 0 Å². The number of alkyl halides is 1. The van der Waals surface area contributed by atoms with Crippen LogP contribution in [0.25, 0.3) is 0 Å². The third-order valence-corrected chi connectivity index (χ3v) is 1.58. The van der Waals surface area contributed by atoms with E-state index in [0.29, 0.717) is 0 Å². The van der Waals surface area contributed by atoms with E-state index in [4.69, 9.17) is 10.2 Å². The van der Waals surface area contributed by atoms with Crippen molar-refractivity contribution in [1.82, 2.24) is 0 Å². The highest BCUT2D eigenvalue weighted by molar-refractivity contribution is 5.00. The molecule has 0 aromatic heterocycles. The van der Waals surface area contributed by atoms with Gasteiger partial charge in [-0.15, -0.1) is 0 Å². The van der Waals surface area contributed by atoms with Crippen LogP contribution in [0.15, 0.2) is 0 Å². The Morgan fingerprint density at radius 3 is 2.60 bits per heavy atom. The topological polar surface area (TPSA) is 49.7 Å². The quantitative estimate of drug-likeness (QED) is 0.534. The van der Waals surface area contributed by atoms with Gasteiger partial charge in [0.2, 0.25) is 0 Å². The zero-order valence-corrected chi connectivity index (χ0v) is 5.62. The van der Waals surface area contributed by atoms with Crippen molar-refractivity contribution >= 4 is 0 Å². The van der Waals surface area contributed by atoms with Crippen LogP contribution in [0.2, 0.25) is 0 Å². The Balaban J connectivity index is 2.58. The number of halogens is 1. The number of rotatable bonds is 1. The van der Waals surface area contributed by atoms with Crippen molar-refractivity contribution in [2.45, 2.75) is 24.8 Å². The van der Waals surface area contributed by atoms with Gasteiger partial charge in [0.1, 0.15) is 18.8 Å². The molecule has 10 heavy (non-hydrogen) atoms. The first-order valence-electron chi connectivity index (χ1n) is 3.05. The average molecular weight is 149 g/mol. The molecular weight excluding hydrogens is 139 g/mol. The third-order valence-electron chi connectivity index (χ3n) is 1.58. The summed E-state index contributed by atoms with van der Waals surface area (Å²) in [7, 11) is 0. The highest BCUT2D eigenvalue weighted by Crippen LogP contribution is 2.31. The van der Waals surface area contributed by atoms with Crippen molar-refractivity contribution < 1.29 is 19.3 Å². The zero-order valence-electron chi connectivity index (χ0n) is 5.62. The maximum atomic E-state index is 12.9. The summed E-state index contributed by atoms with van der Waals surface area (Å²) in [5.41, 5.74) is -1.83. The van der Waals surface area contributed by atoms with Crippen molar-refractivity contribution in [1.29, 1.82) is 0 Å². The summed E-state index contributed by atoms with van der Waals surface area (Å²) in [6.07, 6.45) is -2.06. The fraction of sp³-hybridized carbons (Fsp3) is 0.833. The summed E-state index contributed by atoms with van der Waals surface area (Å²) in [5.74, 6) is 0. The fourth-order valence-electron chi connectivity index (χ4n) is 0.871. The predicted octanol–water partition coefficient (Wildman–Crippen LogP) is -0.372. The normalized spacial score (nSPS) is 48.0.